The van der Waals surface area contributed by atoms with E-state index in [1.165, 1.54) is 12.2 Å². The van der Waals surface area contributed by atoms with Crippen LogP contribution < -0.4 is 16.2 Å². The molecule has 0 saturated carbocycles. The SMILES string of the molecule is CCCCOc1cc(N=C2C=CC(=O)C=C2)c(N)cc1N. The predicted octanol–water partition coefficient (Wildman–Crippen LogP) is 2.80. The quantitative estimate of drug-likeness (QED) is 0.494. The summed E-state index contributed by atoms with van der Waals surface area (Å²) >= 11 is 0. The molecule has 1 aliphatic rings. The number of rotatable bonds is 5. The highest BCUT2D eigenvalue weighted by molar-refractivity contribution is 6.17. The summed E-state index contributed by atoms with van der Waals surface area (Å²) in [5.41, 5.74) is 14.0. The van der Waals surface area contributed by atoms with Crippen LogP contribution in [0.25, 0.3) is 0 Å². The first-order chi connectivity index (χ1) is 10.1. The van der Waals surface area contributed by atoms with Crippen molar-refractivity contribution in [2.24, 2.45) is 4.99 Å². The first kappa shape index (κ1) is 14.8. The molecule has 0 radical (unpaired) electrons. The normalized spacial score (nSPS) is 13.6. The molecule has 0 aliphatic heterocycles. The number of hydrogen-bond donors (Lipinski definition) is 2. The van der Waals surface area contributed by atoms with Crippen molar-refractivity contribution in [2.45, 2.75) is 19.8 Å². The maximum Gasteiger partial charge on any atom is 0.178 e. The van der Waals surface area contributed by atoms with Gasteiger partial charge in [0.15, 0.2) is 5.78 Å². The van der Waals surface area contributed by atoms with Gasteiger partial charge < -0.3 is 16.2 Å². The van der Waals surface area contributed by atoms with E-state index in [2.05, 4.69) is 11.9 Å². The van der Waals surface area contributed by atoms with Crippen molar-refractivity contribution in [1.82, 2.24) is 0 Å². The number of anilines is 2. The summed E-state index contributed by atoms with van der Waals surface area (Å²) in [5, 5.41) is 0. The molecule has 1 aromatic rings. The van der Waals surface area contributed by atoms with Crippen molar-refractivity contribution in [3.63, 3.8) is 0 Å². The third-order valence-corrected chi connectivity index (χ3v) is 3.00. The fraction of sp³-hybridized carbons (Fsp3) is 0.250. The standard InChI is InChI=1S/C16H19N3O2/c1-2-3-8-21-16-10-15(13(17)9-14(16)18)19-11-4-6-12(20)7-5-11/h4-7,9-10H,2-3,8,17-18H2,1H3. The van der Waals surface area contributed by atoms with Gasteiger partial charge >= 0.3 is 0 Å². The van der Waals surface area contributed by atoms with Crippen LogP contribution in [0.15, 0.2) is 41.4 Å². The molecule has 0 unspecified atom stereocenters. The van der Waals surface area contributed by atoms with Crippen LogP contribution in [0.1, 0.15) is 19.8 Å². The molecule has 0 saturated heterocycles. The molecule has 1 aliphatic carbocycles. The minimum Gasteiger partial charge on any atom is -0.491 e. The first-order valence-electron chi connectivity index (χ1n) is 6.90. The van der Waals surface area contributed by atoms with E-state index in [0.29, 0.717) is 35.1 Å². The van der Waals surface area contributed by atoms with Crippen LogP contribution in [-0.2, 0) is 4.79 Å². The molecular weight excluding hydrogens is 266 g/mol. The highest BCUT2D eigenvalue weighted by Crippen LogP contribution is 2.33. The Labute approximate surface area is 124 Å². The zero-order valence-electron chi connectivity index (χ0n) is 12.0. The lowest BCUT2D eigenvalue weighted by molar-refractivity contribution is -0.110. The predicted molar refractivity (Wildman–Crippen MR) is 86.1 cm³/mol. The molecule has 0 spiro atoms. The monoisotopic (exact) mass is 285 g/mol. The van der Waals surface area contributed by atoms with Gasteiger partial charge in [-0.2, -0.15) is 0 Å². The number of carbonyl (C=O) groups is 1. The number of hydrogen-bond acceptors (Lipinski definition) is 5. The van der Waals surface area contributed by atoms with Gasteiger partial charge in [-0.3, -0.25) is 4.79 Å². The van der Waals surface area contributed by atoms with Crippen molar-refractivity contribution in [3.05, 3.63) is 36.4 Å². The van der Waals surface area contributed by atoms with E-state index < -0.39 is 0 Å². The number of nitrogens with two attached hydrogens (primary N) is 2. The number of nitrogens with zero attached hydrogens (tertiary/aromatic N) is 1. The highest BCUT2D eigenvalue weighted by atomic mass is 16.5. The Morgan fingerprint density at radius 2 is 1.81 bits per heavy atom. The molecule has 110 valence electrons. The minimum atomic E-state index is -0.0529. The van der Waals surface area contributed by atoms with Crippen molar-refractivity contribution in [3.8, 4) is 5.75 Å². The Morgan fingerprint density at radius 1 is 1.10 bits per heavy atom. The van der Waals surface area contributed by atoms with Crippen LogP contribution in [-0.4, -0.2) is 18.1 Å². The van der Waals surface area contributed by atoms with Crippen LogP contribution in [0.3, 0.4) is 0 Å². The van der Waals surface area contributed by atoms with Gasteiger partial charge in [-0.1, -0.05) is 13.3 Å². The Kier molecular flexibility index (Phi) is 4.77. The number of allylic oxidation sites excluding steroid dienone is 4. The maximum atomic E-state index is 11.1. The second-order valence-corrected chi connectivity index (χ2v) is 4.76. The molecule has 0 amide bonds. The minimum absolute atomic E-state index is 0.0529. The molecule has 0 atom stereocenters. The lowest BCUT2D eigenvalue weighted by Gasteiger charge is -2.11. The summed E-state index contributed by atoms with van der Waals surface area (Å²) in [7, 11) is 0. The Balaban J connectivity index is 2.25. The number of carbonyl (C=O) groups excluding carboxylic acids is 1. The van der Waals surface area contributed by atoms with Gasteiger partial charge in [0.1, 0.15) is 5.75 Å². The number of benzene rings is 1. The fourth-order valence-corrected chi connectivity index (χ4v) is 1.81. The summed E-state index contributed by atoms with van der Waals surface area (Å²) in [6.45, 7) is 2.70. The molecule has 0 heterocycles. The average molecular weight is 285 g/mol. The van der Waals surface area contributed by atoms with Crippen LogP contribution in [0.2, 0.25) is 0 Å². The van der Waals surface area contributed by atoms with Crippen molar-refractivity contribution in [2.75, 3.05) is 18.1 Å². The van der Waals surface area contributed by atoms with E-state index in [4.69, 9.17) is 16.2 Å². The zero-order chi connectivity index (χ0) is 15.2. The van der Waals surface area contributed by atoms with Crippen molar-refractivity contribution >= 4 is 28.6 Å². The smallest absolute Gasteiger partial charge is 0.178 e. The Bertz CT molecular complexity index is 613. The number of ketones is 1. The summed E-state index contributed by atoms with van der Waals surface area (Å²) < 4.78 is 5.64. The van der Waals surface area contributed by atoms with E-state index in [9.17, 15) is 4.79 Å². The third-order valence-electron chi connectivity index (χ3n) is 3.00. The van der Waals surface area contributed by atoms with Gasteiger partial charge in [0.25, 0.3) is 0 Å². The molecule has 5 heteroatoms. The Morgan fingerprint density at radius 3 is 2.48 bits per heavy atom. The lowest BCUT2D eigenvalue weighted by atomic mass is 10.1. The van der Waals surface area contributed by atoms with Crippen LogP contribution in [0.4, 0.5) is 17.1 Å². The largest absolute Gasteiger partial charge is 0.491 e. The summed E-state index contributed by atoms with van der Waals surface area (Å²) in [6, 6.07) is 3.37. The van der Waals surface area contributed by atoms with Crippen molar-refractivity contribution in [1.29, 1.82) is 0 Å². The second kappa shape index (κ2) is 6.74. The average Bonchev–Trinajstić information content (AvgIpc) is 2.46. The van der Waals surface area contributed by atoms with Crippen molar-refractivity contribution < 1.29 is 9.53 Å². The van der Waals surface area contributed by atoms with E-state index in [1.54, 1.807) is 24.3 Å². The van der Waals surface area contributed by atoms with Crippen LogP contribution in [0, 0.1) is 0 Å². The number of unbranched alkanes of at least 4 members (excludes halogenated alkanes) is 1. The molecule has 21 heavy (non-hydrogen) atoms. The molecule has 4 N–H and O–H groups in total. The van der Waals surface area contributed by atoms with Crippen LogP contribution >= 0.6 is 0 Å². The van der Waals surface area contributed by atoms with Gasteiger partial charge in [0.2, 0.25) is 0 Å². The summed E-state index contributed by atoms with van der Waals surface area (Å²) in [5.74, 6) is 0.527. The number of aliphatic imine (C=N–C) groups is 1. The van der Waals surface area contributed by atoms with Gasteiger partial charge in [-0.15, -0.1) is 0 Å². The highest BCUT2D eigenvalue weighted by Gasteiger charge is 2.08. The first-order valence-corrected chi connectivity index (χ1v) is 6.90. The lowest BCUT2D eigenvalue weighted by Crippen LogP contribution is -2.02. The van der Waals surface area contributed by atoms with E-state index >= 15 is 0 Å². The van der Waals surface area contributed by atoms with Gasteiger partial charge in [0, 0.05) is 6.07 Å². The fourth-order valence-electron chi connectivity index (χ4n) is 1.81. The molecule has 0 fully saturated rings. The number of nitrogen functional groups attached to an aromatic ring is 2. The van der Waals surface area contributed by atoms with Gasteiger partial charge in [-0.25, -0.2) is 4.99 Å². The molecule has 2 rings (SSSR count). The Hall–Kier alpha value is -2.56. The summed E-state index contributed by atoms with van der Waals surface area (Å²) in [4.78, 5) is 15.5. The molecular formula is C16H19N3O2. The molecule has 1 aromatic carbocycles. The van der Waals surface area contributed by atoms with E-state index in [-0.39, 0.29) is 5.78 Å². The van der Waals surface area contributed by atoms with Gasteiger partial charge in [-0.05, 0) is 36.8 Å². The second-order valence-electron chi connectivity index (χ2n) is 4.76. The van der Waals surface area contributed by atoms with Crippen LogP contribution in [0.5, 0.6) is 5.75 Å². The van der Waals surface area contributed by atoms with E-state index in [0.717, 1.165) is 12.8 Å². The zero-order valence-corrected chi connectivity index (χ0v) is 12.0. The summed E-state index contributed by atoms with van der Waals surface area (Å²) in [6.07, 6.45) is 8.23. The maximum absolute atomic E-state index is 11.1. The molecule has 0 bridgehead atoms. The van der Waals surface area contributed by atoms with Gasteiger partial charge in [0.05, 0.1) is 29.4 Å². The van der Waals surface area contributed by atoms with E-state index in [1.807, 2.05) is 0 Å². The molecule has 0 aromatic heterocycles. The topological polar surface area (TPSA) is 90.7 Å². The number of ether oxygens (including phenoxy) is 1. The third kappa shape index (κ3) is 3.95. The molecule has 5 nitrogen and oxygen atoms in total.